The van der Waals surface area contributed by atoms with Crippen molar-refractivity contribution in [1.82, 2.24) is 4.31 Å². The second-order valence-electron chi connectivity index (χ2n) is 7.88. The molecule has 5 nitrogen and oxygen atoms in total. The number of sulfonamides is 1. The van der Waals surface area contributed by atoms with Gasteiger partial charge in [-0.25, -0.2) is 8.42 Å². The number of carbonyl (C=O) groups excluding carboxylic acids is 1. The molecule has 0 atom stereocenters. The van der Waals surface area contributed by atoms with E-state index < -0.39 is 10.0 Å². The highest BCUT2D eigenvalue weighted by Crippen LogP contribution is 2.20. The summed E-state index contributed by atoms with van der Waals surface area (Å²) in [6, 6.07) is 23.3. The molecule has 7 heteroatoms. The first kappa shape index (κ1) is 25.0. The lowest BCUT2D eigenvalue weighted by atomic mass is 10.1. The normalized spacial score (nSPS) is 11.5. The number of rotatable bonds is 11. The lowest BCUT2D eigenvalue weighted by Gasteiger charge is -2.22. The number of benzene rings is 3. The molecule has 3 aromatic rings. The van der Waals surface area contributed by atoms with Crippen LogP contribution in [0.25, 0.3) is 0 Å². The standard InChI is InChI=1S/C26H29ClN2O3S/c1-2-3-7-22-10-14-24(15-11-22)28-26(30)20-29(19-18-21-8-5-4-6-9-21)33(31,32)25-16-12-23(27)13-17-25/h4-6,8-17H,2-3,7,18-20H2,1H3,(H,28,30). The van der Waals surface area contributed by atoms with Crippen molar-refractivity contribution in [3.8, 4) is 0 Å². The third-order valence-electron chi connectivity index (χ3n) is 5.32. The third-order valence-corrected chi connectivity index (χ3v) is 7.43. The molecule has 1 N–H and O–H groups in total. The van der Waals surface area contributed by atoms with E-state index >= 15 is 0 Å². The third kappa shape index (κ3) is 7.42. The van der Waals surface area contributed by atoms with Gasteiger partial charge in [-0.1, -0.05) is 67.4 Å². The van der Waals surface area contributed by atoms with E-state index in [2.05, 4.69) is 12.2 Å². The molecule has 0 aliphatic rings. The molecule has 0 aliphatic heterocycles. The second-order valence-corrected chi connectivity index (χ2v) is 10.3. The fraction of sp³-hybridized carbons (Fsp3) is 0.269. The zero-order valence-electron chi connectivity index (χ0n) is 18.7. The van der Waals surface area contributed by atoms with E-state index in [0.717, 1.165) is 24.8 Å². The van der Waals surface area contributed by atoms with E-state index in [1.54, 1.807) is 0 Å². The van der Waals surface area contributed by atoms with E-state index in [0.29, 0.717) is 17.1 Å². The highest BCUT2D eigenvalue weighted by molar-refractivity contribution is 7.89. The SMILES string of the molecule is CCCCc1ccc(NC(=O)CN(CCc2ccccc2)S(=O)(=O)c2ccc(Cl)cc2)cc1. The van der Waals surface area contributed by atoms with Gasteiger partial charge in [-0.2, -0.15) is 4.31 Å². The Balaban J connectivity index is 1.73. The van der Waals surface area contributed by atoms with Crippen LogP contribution in [-0.4, -0.2) is 31.7 Å². The van der Waals surface area contributed by atoms with Crippen LogP contribution >= 0.6 is 11.6 Å². The Bertz CT molecular complexity index is 1130. The van der Waals surface area contributed by atoms with Crippen molar-refractivity contribution in [2.24, 2.45) is 0 Å². The molecular formula is C26H29ClN2O3S. The van der Waals surface area contributed by atoms with Gasteiger partial charge in [-0.15, -0.1) is 0 Å². The predicted octanol–water partition coefficient (Wildman–Crippen LogP) is 5.55. The van der Waals surface area contributed by atoms with Gasteiger partial charge in [0.2, 0.25) is 15.9 Å². The summed E-state index contributed by atoms with van der Waals surface area (Å²) in [7, 11) is -3.88. The average Bonchev–Trinajstić information content (AvgIpc) is 2.82. The van der Waals surface area contributed by atoms with Crippen LogP contribution in [0.3, 0.4) is 0 Å². The van der Waals surface area contributed by atoms with Crippen LogP contribution in [-0.2, 0) is 27.7 Å². The number of carbonyl (C=O) groups is 1. The maximum Gasteiger partial charge on any atom is 0.243 e. The first-order valence-corrected chi connectivity index (χ1v) is 12.9. The molecule has 0 fully saturated rings. The number of aryl methyl sites for hydroxylation is 1. The Hall–Kier alpha value is -2.67. The summed E-state index contributed by atoms with van der Waals surface area (Å²) in [5.41, 5.74) is 2.86. The molecule has 0 heterocycles. The molecule has 174 valence electrons. The molecule has 0 saturated carbocycles. The molecule has 0 bridgehead atoms. The molecule has 33 heavy (non-hydrogen) atoms. The summed E-state index contributed by atoms with van der Waals surface area (Å²) < 4.78 is 27.8. The average molecular weight is 485 g/mol. The molecule has 0 saturated heterocycles. The van der Waals surface area contributed by atoms with E-state index in [4.69, 9.17) is 11.6 Å². The van der Waals surface area contributed by atoms with Gasteiger partial charge in [0.1, 0.15) is 0 Å². The van der Waals surface area contributed by atoms with Gasteiger partial charge in [0.15, 0.2) is 0 Å². The topological polar surface area (TPSA) is 66.5 Å². The Morgan fingerprint density at radius 3 is 2.15 bits per heavy atom. The molecule has 0 unspecified atom stereocenters. The van der Waals surface area contributed by atoms with E-state index in [9.17, 15) is 13.2 Å². The van der Waals surface area contributed by atoms with Gasteiger partial charge in [-0.05, 0) is 66.8 Å². The number of unbranched alkanes of at least 4 members (excludes halogenated alkanes) is 1. The molecule has 3 aromatic carbocycles. The number of hydrogen-bond acceptors (Lipinski definition) is 3. The first-order chi connectivity index (χ1) is 15.9. The summed E-state index contributed by atoms with van der Waals surface area (Å²) in [5, 5.41) is 3.27. The van der Waals surface area contributed by atoms with Crippen molar-refractivity contribution in [3.05, 3.63) is 95.0 Å². The number of amides is 1. The Morgan fingerprint density at radius 1 is 0.879 bits per heavy atom. The number of nitrogens with one attached hydrogen (secondary N) is 1. The Labute approximate surface area is 201 Å². The zero-order chi connectivity index (χ0) is 23.7. The van der Waals surface area contributed by atoms with Gasteiger partial charge in [-0.3, -0.25) is 4.79 Å². The lowest BCUT2D eigenvalue weighted by molar-refractivity contribution is -0.116. The minimum Gasteiger partial charge on any atom is -0.325 e. The van der Waals surface area contributed by atoms with E-state index in [1.807, 2.05) is 54.6 Å². The van der Waals surface area contributed by atoms with Gasteiger partial charge in [0, 0.05) is 17.3 Å². The maximum atomic E-state index is 13.3. The van der Waals surface area contributed by atoms with Crippen LogP contribution in [0.15, 0.2) is 83.8 Å². The van der Waals surface area contributed by atoms with Crippen molar-refractivity contribution in [1.29, 1.82) is 0 Å². The number of anilines is 1. The fourth-order valence-corrected chi connectivity index (χ4v) is 4.96. The van der Waals surface area contributed by atoms with Crippen LogP contribution < -0.4 is 5.32 Å². The highest BCUT2D eigenvalue weighted by Gasteiger charge is 2.26. The van der Waals surface area contributed by atoms with Crippen molar-refractivity contribution in [3.63, 3.8) is 0 Å². The largest absolute Gasteiger partial charge is 0.325 e. The zero-order valence-corrected chi connectivity index (χ0v) is 20.3. The second kappa shape index (κ2) is 12.0. The molecule has 1 amide bonds. The molecule has 0 aliphatic carbocycles. The van der Waals surface area contributed by atoms with Gasteiger partial charge in [0.25, 0.3) is 0 Å². The summed E-state index contributed by atoms with van der Waals surface area (Å²) in [6.07, 6.45) is 3.73. The summed E-state index contributed by atoms with van der Waals surface area (Å²) in [6.45, 7) is 2.05. The minimum atomic E-state index is -3.88. The quantitative estimate of drug-likeness (QED) is 0.387. The summed E-state index contributed by atoms with van der Waals surface area (Å²) in [4.78, 5) is 12.9. The molecule has 0 radical (unpaired) electrons. The highest BCUT2D eigenvalue weighted by atomic mass is 35.5. The molecule has 0 aromatic heterocycles. The molecular weight excluding hydrogens is 456 g/mol. The van der Waals surface area contributed by atoms with Gasteiger partial charge < -0.3 is 5.32 Å². The monoisotopic (exact) mass is 484 g/mol. The summed E-state index contributed by atoms with van der Waals surface area (Å²) >= 11 is 5.92. The number of halogens is 1. The maximum absolute atomic E-state index is 13.3. The van der Waals surface area contributed by atoms with E-state index in [-0.39, 0.29) is 23.9 Å². The van der Waals surface area contributed by atoms with E-state index in [1.165, 1.54) is 34.1 Å². The van der Waals surface area contributed by atoms with Crippen LogP contribution in [0.4, 0.5) is 5.69 Å². The first-order valence-electron chi connectivity index (χ1n) is 11.1. The minimum absolute atomic E-state index is 0.105. The number of hydrogen-bond donors (Lipinski definition) is 1. The van der Waals surface area contributed by atoms with Crippen LogP contribution in [0, 0.1) is 0 Å². The Morgan fingerprint density at radius 2 is 1.52 bits per heavy atom. The van der Waals surface area contributed by atoms with Crippen LogP contribution in [0.1, 0.15) is 30.9 Å². The van der Waals surface area contributed by atoms with Crippen molar-refractivity contribution < 1.29 is 13.2 Å². The van der Waals surface area contributed by atoms with Crippen molar-refractivity contribution >= 4 is 33.2 Å². The predicted molar refractivity (Wildman–Crippen MR) is 134 cm³/mol. The fourth-order valence-electron chi connectivity index (χ4n) is 3.43. The van der Waals surface area contributed by atoms with Crippen molar-refractivity contribution in [2.45, 2.75) is 37.5 Å². The number of nitrogens with zero attached hydrogens (tertiary/aromatic N) is 1. The summed E-state index contributed by atoms with van der Waals surface area (Å²) in [5.74, 6) is -0.387. The Kier molecular flexibility index (Phi) is 9.06. The smallest absolute Gasteiger partial charge is 0.243 e. The van der Waals surface area contributed by atoms with Gasteiger partial charge >= 0.3 is 0 Å². The molecule has 0 spiro atoms. The van der Waals surface area contributed by atoms with Crippen LogP contribution in [0.5, 0.6) is 0 Å². The van der Waals surface area contributed by atoms with Crippen molar-refractivity contribution in [2.75, 3.05) is 18.4 Å². The van der Waals surface area contributed by atoms with Crippen LogP contribution in [0.2, 0.25) is 5.02 Å². The molecule has 3 rings (SSSR count). The lowest BCUT2D eigenvalue weighted by Crippen LogP contribution is -2.39. The van der Waals surface area contributed by atoms with Gasteiger partial charge in [0.05, 0.1) is 11.4 Å².